The number of carbonyl (C=O) groups is 3. The lowest BCUT2D eigenvalue weighted by molar-refractivity contribution is -0.153. The Labute approximate surface area is 248 Å². The van der Waals surface area contributed by atoms with E-state index in [1.54, 1.807) is 0 Å². The van der Waals surface area contributed by atoms with E-state index in [-0.39, 0.29) is 46.8 Å². The van der Waals surface area contributed by atoms with Crippen molar-refractivity contribution in [3.05, 3.63) is 23.0 Å². The van der Waals surface area contributed by atoms with E-state index < -0.39 is 51.9 Å². The van der Waals surface area contributed by atoms with Gasteiger partial charge < -0.3 is 32.0 Å². The number of aliphatic imine (C=N–C) groups is 1. The highest BCUT2D eigenvalue weighted by Crippen LogP contribution is 2.40. The molecule has 2 aromatic heterocycles. The maximum Gasteiger partial charge on any atom is 0.362 e. The van der Waals surface area contributed by atoms with Gasteiger partial charge in [0.25, 0.3) is 0 Å². The van der Waals surface area contributed by atoms with Gasteiger partial charge in [-0.05, 0) is 6.54 Å². The van der Waals surface area contributed by atoms with Gasteiger partial charge in [0.2, 0.25) is 11.5 Å². The van der Waals surface area contributed by atoms with E-state index in [9.17, 15) is 32.5 Å². The fraction of sp³-hybridized carbons (Fsp3) is 0.545. The van der Waals surface area contributed by atoms with Gasteiger partial charge in [-0.1, -0.05) is 5.16 Å². The van der Waals surface area contributed by atoms with E-state index in [0.29, 0.717) is 37.2 Å². The molecule has 0 unspecified atom stereocenters. The zero-order valence-electron chi connectivity index (χ0n) is 22.5. The number of hydrogen-bond donors (Lipinski definition) is 5. The van der Waals surface area contributed by atoms with Gasteiger partial charge in [-0.2, -0.15) is 23.4 Å². The minimum atomic E-state index is -4.98. The van der Waals surface area contributed by atoms with Crippen LogP contribution in [0, 0.1) is 11.8 Å². The summed E-state index contributed by atoms with van der Waals surface area (Å²) in [4.78, 5) is 54.1. The number of amides is 1. The van der Waals surface area contributed by atoms with Crippen molar-refractivity contribution in [3.8, 4) is 0 Å². The van der Waals surface area contributed by atoms with Crippen LogP contribution in [0.3, 0.4) is 0 Å². The number of rotatable bonds is 13. The molecule has 232 valence electrons. The zero-order valence-corrected chi connectivity index (χ0v) is 24.1. The van der Waals surface area contributed by atoms with Gasteiger partial charge in [0, 0.05) is 43.6 Å². The number of guanidine groups is 1. The normalized spacial score (nSPS) is 22.2. The van der Waals surface area contributed by atoms with Crippen molar-refractivity contribution in [2.24, 2.45) is 33.5 Å². The summed E-state index contributed by atoms with van der Waals surface area (Å²) in [6.45, 7) is 1.75. The molecule has 2 aromatic rings. The Balaban J connectivity index is 1.30. The Kier molecular flexibility index (Phi) is 8.07. The second kappa shape index (κ2) is 11.5. The van der Waals surface area contributed by atoms with Gasteiger partial charge in [0.15, 0.2) is 22.6 Å². The van der Waals surface area contributed by atoms with Gasteiger partial charge in [-0.3, -0.25) is 14.1 Å². The van der Waals surface area contributed by atoms with Crippen molar-refractivity contribution in [1.29, 1.82) is 0 Å². The summed E-state index contributed by atoms with van der Waals surface area (Å²) in [5.41, 5.74) is 15.7. The molecule has 1 amide bonds. The Bertz CT molecular complexity index is 1590. The molecule has 1 aliphatic carbocycles. The van der Waals surface area contributed by atoms with Gasteiger partial charge in [-0.25, -0.2) is 19.1 Å². The number of carbonyl (C=O) groups excluding carboxylic acids is 2. The van der Waals surface area contributed by atoms with E-state index in [4.69, 9.17) is 22.0 Å². The number of hydrogen-bond acceptors (Lipinski definition) is 14. The number of anilines is 1. The highest BCUT2D eigenvalue weighted by molar-refractivity contribution is 7.84. The van der Waals surface area contributed by atoms with Gasteiger partial charge in [0.1, 0.15) is 11.4 Å². The molecule has 0 spiro atoms. The molecule has 19 nitrogen and oxygen atoms in total. The van der Waals surface area contributed by atoms with E-state index in [1.165, 1.54) is 11.6 Å². The van der Waals surface area contributed by atoms with Gasteiger partial charge in [-0.15, -0.1) is 11.3 Å². The molecule has 0 radical (unpaired) electrons. The third-order valence-corrected chi connectivity index (χ3v) is 8.96. The first kappa shape index (κ1) is 30.3. The lowest BCUT2D eigenvalue weighted by Gasteiger charge is -2.43. The molecule has 21 heteroatoms. The number of thiazole rings is 1. The Morgan fingerprint density at radius 3 is 2.58 bits per heavy atom. The molecule has 0 aromatic carbocycles. The number of β-lactam (4-membered cyclic amide) rings is 1. The smallest absolute Gasteiger partial charge is 0.362 e. The molecule has 1 saturated carbocycles. The number of aliphatic carboxylic acids is 1. The number of carboxylic acids is 1. The summed E-state index contributed by atoms with van der Waals surface area (Å²) < 4.78 is 33.9. The van der Waals surface area contributed by atoms with Crippen LogP contribution in [0.25, 0.3) is 0 Å². The number of nitrogens with two attached hydrogens (primary N) is 3. The minimum absolute atomic E-state index is 0.00126. The fourth-order valence-corrected chi connectivity index (χ4v) is 6.10. The second-order valence-electron chi connectivity index (χ2n) is 10.4. The average Bonchev–Trinajstić information content (AvgIpc) is 3.38. The topological polar surface area (TPSA) is 288 Å². The van der Waals surface area contributed by atoms with E-state index >= 15 is 0 Å². The van der Waals surface area contributed by atoms with Crippen LogP contribution in [0.2, 0.25) is 0 Å². The third-order valence-electron chi connectivity index (χ3n) is 7.34. The number of likely N-dealkylation sites (tertiary alicyclic amines) is 1. The molecule has 3 aliphatic rings. The summed E-state index contributed by atoms with van der Waals surface area (Å²) in [7, 11) is -4.98. The average molecular weight is 640 g/mol. The van der Waals surface area contributed by atoms with Crippen molar-refractivity contribution in [1.82, 2.24) is 29.2 Å². The number of Topliss-reactive ketones (excluding diaryl/α,β-unsaturated/α-hetero) is 1. The summed E-state index contributed by atoms with van der Waals surface area (Å²) in [6.07, 6.45) is 1.19. The fourth-order valence-electron chi connectivity index (χ4n) is 4.64. The quantitative estimate of drug-likeness (QED) is 0.0504. The third kappa shape index (κ3) is 6.28. The van der Waals surface area contributed by atoms with Crippen LogP contribution < -0.4 is 17.2 Å². The lowest BCUT2D eigenvalue weighted by Crippen LogP contribution is -2.64. The molecular weight excluding hydrogens is 610 g/mol. The number of ketones is 1. The summed E-state index contributed by atoms with van der Waals surface area (Å²) in [5, 5.41) is 23.0. The largest absolute Gasteiger partial charge is 0.478 e. The predicted molar refractivity (Wildman–Crippen MR) is 149 cm³/mol. The molecule has 2 atom stereocenters. The minimum Gasteiger partial charge on any atom is -0.478 e. The first-order chi connectivity index (χ1) is 20.3. The van der Waals surface area contributed by atoms with Crippen LogP contribution in [-0.2, 0) is 42.6 Å². The molecular formula is C22H29N11O8S2. The maximum absolute atomic E-state index is 13.3. The van der Waals surface area contributed by atoms with Crippen LogP contribution in [-0.4, -0.2) is 108 Å². The van der Waals surface area contributed by atoms with E-state index in [1.807, 2.05) is 4.90 Å². The molecule has 3 fully saturated rings. The van der Waals surface area contributed by atoms with Crippen LogP contribution in [0.5, 0.6) is 0 Å². The van der Waals surface area contributed by atoms with Crippen molar-refractivity contribution in [3.63, 3.8) is 0 Å². The monoisotopic (exact) mass is 639 g/mol. The molecule has 43 heavy (non-hydrogen) atoms. The Morgan fingerprint density at radius 2 is 2.00 bits per heavy atom. The van der Waals surface area contributed by atoms with Crippen molar-refractivity contribution < 1.29 is 37.3 Å². The first-order valence-corrected chi connectivity index (χ1v) is 15.3. The molecule has 8 N–H and O–H groups in total. The highest BCUT2D eigenvalue weighted by Gasteiger charge is 2.56. The van der Waals surface area contributed by atoms with Gasteiger partial charge >= 0.3 is 16.3 Å². The number of nitrogen functional groups attached to an aromatic ring is 1. The standard InChI is InChI=1S/C22H29N11O8S2/c23-4-11-7-31(8-11)20(24)26-5-12-6-27-32(29-12)9-15-13(18(35)33(15)43(38,39)40)3-16(34)17(14-10-42-21(25)28-14)30-41-22(1-2-22)19(36)37/h6,10-11,13,15H,1-5,7-9,23H2,(H2,24,26)(H2,25,28)(H,36,37)(H,38,39,40)/b30-17-/t13-,15+/m0/s1. The number of oxime groups is 1. The summed E-state index contributed by atoms with van der Waals surface area (Å²) in [6, 6.07) is -1.23. The van der Waals surface area contributed by atoms with Crippen molar-refractivity contribution in [2.45, 2.75) is 44.0 Å². The van der Waals surface area contributed by atoms with Crippen molar-refractivity contribution in [2.75, 3.05) is 25.4 Å². The maximum atomic E-state index is 13.3. The molecule has 5 rings (SSSR count). The van der Waals surface area contributed by atoms with Crippen LogP contribution >= 0.6 is 11.3 Å². The zero-order chi connectivity index (χ0) is 31.1. The first-order valence-electron chi connectivity index (χ1n) is 13.0. The molecule has 2 saturated heterocycles. The number of nitrogens with zero attached hydrogens (tertiary/aromatic N) is 8. The Morgan fingerprint density at radius 1 is 1.28 bits per heavy atom. The Hall–Kier alpha value is -4.21. The van der Waals surface area contributed by atoms with Crippen LogP contribution in [0.1, 0.15) is 30.7 Å². The molecule has 0 bridgehead atoms. The van der Waals surface area contributed by atoms with Crippen molar-refractivity contribution >= 4 is 56.1 Å². The lowest BCUT2D eigenvalue weighted by atomic mass is 9.84. The second-order valence-corrected chi connectivity index (χ2v) is 12.6. The molecule has 2 aliphatic heterocycles. The highest BCUT2D eigenvalue weighted by atomic mass is 32.2. The van der Waals surface area contributed by atoms with Crippen LogP contribution in [0.4, 0.5) is 5.13 Å². The molecule has 4 heterocycles. The number of carboxylic acid groups (broad SMARTS) is 1. The van der Waals surface area contributed by atoms with Gasteiger partial charge in [0.05, 0.1) is 31.2 Å². The summed E-state index contributed by atoms with van der Waals surface area (Å²) >= 11 is 0.995. The van der Waals surface area contributed by atoms with E-state index in [2.05, 4.69) is 25.3 Å². The SMILES string of the molecule is NCC1CN(C(N)=NCc2cnn(C[C@@H]3[C@H](CC(=O)/C(=N\OC4(C(=O)O)CC4)c4csc(N)n4)C(=O)N3S(=O)(=O)O)n2)C1. The number of aromatic nitrogens is 4. The van der Waals surface area contributed by atoms with Crippen LogP contribution in [0.15, 0.2) is 21.7 Å². The predicted octanol–water partition coefficient (Wildman–Crippen LogP) is -2.35. The van der Waals surface area contributed by atoms with E-state index in [0.717, 1.165) is 16.1 Å². The summed E-state index contributed by atoms with van der Waals surface area (Å²) in [5.74, 6) is -3.61.